The molecule has 0 atom stereocenters. The fourth-order valence-electron chi connectivity index (χ4n) is 2.09. The molecule has 0 bridgehead atoms. The molecule has 0 amide bonds. The molecule has 7 heteroatoms. The number of nitrogens with one attached hydrogen (secondary N) is 1. The lowest BCUT2D eigenvalue weighted by Crippen LogP contribution is -2.23. The minimum absolute atomic E-state index is 0.0522. The summed E-state index contributed by atoms with van der Waals surface area (Å²) in [6, 6.07) is 7.46. The van der Waals surface area contributed by atoms with Crippen molar-refractivity contribution >= 4 is 0 Å². The second kappa shape index (κ2) is 5.51. The average Bonchev–Trinajstić information content (AvgIpc) is 3.04. The van der Waals surface area contributed by atoms with Gasteiger partial charge >= 0.3 is 0 Å². The SMILES string of the molecule is Cc1cc(-c2ccc(C(F)F)cc2)nn(-c2cn[nH]c2)c1=O. The van der Waals surface area contributed by atoms with E-state index in [4.69, 9.17) is 0 Å². The predicted molar refractivity (Wildman–Crippen MR) is 77.1 cm³/mol. The van der Waals surface area contributed by atoms with Gasteiger partial charge in [0, 0.05) is 22.9 Å². The van der Waals surface area contributed by atoms with Gasteiger partial charge in [-0.1, -0.05) is 24.3 Å². The molecular weight excluding hydrogens is 290 g/mol. The Kier molecular flexibility index (Phi) is 3.54. The number of aryl methyl sites for hydroxylation is 1. The van der Waals surface area contributed by atoms with Crippen LogP contribution >= 0.6 is 0 Å². The summed E-state index contributed by atoms with van der Waals surface area (Å²) >= 11 is 0. The number of aromatic nitrogens is 4. The Morgan fingerprint density at radius 1 is 1.23 bits per heavy atom. The number of benzene rings is 1. The van der Waals surface area contributed by atoms with Gasteiger partial charge in [-0.05, 0) is 13.0 Å². The quantitative estimate of drug-likeness (QED) is 0.809. The molecule has 0 radical (unpaired) electrons. The standard InChI is InChI=1S/C15H12F2N4O/c1-9-6-13(10-2-4-11(5-3-10)14(16)17)20-21(15(9)22)12-7-18-19-8-12/h2-8,14H,1H3,(H,18,19). The molecule has 0 aliphatic rings. The normalized spacial score (nSPS) is 11.1. The molecule has 1 aromatic carbocycles. The van der Waals surface area contributed by atoms with Gasteiger partial charge < -0.3 is 0 Å². The third kappa shape index (κ3) is 2.52. The van der Waals surface area contributed by atoms with Crippen molar-refractivity contribution in [3.63, 3.8) is 0 Å². The van der Waals surface area contributed by atoms with Crippen LogP contribution in [0.3, 0.4) is 0 Å². The molecule has 2 aromatic heterocycles. The van der Waals surface area contributed by atoms with Crippen molar-refractivity contribution in [3.8, 4) is 16.9 Å². The van der Waals surface area contributed by atoms with Crippen LogP contribution in [0.5, 0.6) is 0 Å². The summed E-state index contributed by atoms with van der Waals surface area (Å²) in [6.45, 7) is 1.68. The van der Waals surface area contributed by atoms with E-state index in [0.29, 0.717) is 22.5 Å². The first kappa shape index (κ1) is 14.1. The molecule has 3 aromatic rings. The highest BCUT2D eigenvalue weighted by molar-refractivity contribution is 5.59. The number of aromatic amines is 1. The fourth-order valence-corrected chi connectivity index (χ4v) is 2.09. The molecule has 1 N–H and O–H groups in total. The minimum atomic E-state index is -2.51. The van der Waals surface area contributed by atoms with Crippen molar-refractivity contribution in [1.29, 1.82) is 0 Å². The monoisotopic (exact) mass is 302 g/mol. The largest absolute Gasteiger partial charge is 0.283 e. The number of hydrogen-bond donors (Lipinski definition) is 1. The van der Waals surface area contributed by atoms with Crippen LogP contribution in [-0.4, -0.2) is 20.0 Å². The highest BCUT2D eigenvalue weighted by atomic mass is 19.3. The van der Waals surface area contributed by atoms with Crippen LogP contribution in [-0.2, 0) is 0 Å². The maximum atomic E-state index is 12.6. The van der Waals surface area contributed by atoms with E-state index in [-0.39, 0.29) is 11.1 Å². The van der Waals surface area contributed by atoms with Crippen molar-refractivity contribution in [3.05, 3.63) is 64.2 Å². The summed E-state index contributed by atoms with van der Waals surface area (Å²) in [4.78, 5) is 12.2. The molecule has 22 heavy (non-hydrogen) atoms. The van der Waals surface area contributed by atoms with Crippen LogP contribution in [0.2, 0.25) is 0 Å². The third-order valence-corrected chi connectivity index (χ3v) is 3.28. The Morgan fingerprint density at radius 2 is 1.95 bits per heavy atom. The maximum absolute atomic E-state index is 12.6. The van der Waals surface area contributed by atoms with Gasteiger partial charge in [0.15, 0.2) is 0 Å². The van der Waals surface area contributed by atoms with Crippen molar-refractivity contribution in [2.45, 2.75) is 13.3 Å². The summed E-state index contributed by atoms with van der Waals surface area (Å²) < 4.78 is 26.4. The number of halogens is 2. The lowest BCUT2D eigenvalue weighted by atomic mass is 10.1. The zero-order chi connectivity index (χ0) is 15.7. The summed E-state index contributed by atoms with van der Waals surface area (Å²) in [5, 5.41) is 10.7. The minimum Gasteiger partial charge on any atom is -0.283 e. The van der Waals surface area contributed by atoms with Crippen molar-refractivity contribution in [2.75, 3.05) is 0 Å². The van der Waals surface area contributed by atoms with Gasteiger partial charge in [-0.25, -0.2) is 8.78 Å². The highest BCUT2D eigenvalue weighted by Crippen LogP contribution is 2.23. The molecule has 0 fully saturated rings. The van der Waals surface area contributed by atoms with E-state index in [1.807, 2.05) is 0 Å². The lowest BCUT2D eigenvalue weighted by Gasteiger charge is -2.08. The van der Waals surface area contributed by atoms with Gasteiger partial charge in [0.05, 0.1) is 11.9 Å². The fraction of sp³-hybridized carbons (Fsp3) is 0.133. The van der Waals surface area contributed by atoms with E-state index in [9.17, 15) is 13.6 Å². The molecule has 0 saturated heterocycles. The molecule has 0 aliphatic heterocycles. The average molecular weight is 302 g/mol. The lowest BCUT2D eigenvalue weighted by molar-refractivity contribution is 0.151. The molecule has 3 rings (SSSR count). The molecular formula is C15H12F2N4O. The van der Waals surface area contributed by atoms with Crippen molar-refractivity contribution in [1.82, 2.24) is 20.0 Å². The van der Waals surface area contributed by atoms with E-state index in [1.165, 1.54) is 23.0 Å². The summed E-state index contributed by atoms with van der Waals surface area (Å²) in [7, 11) is 0. The summed E-state index contributed by atoms with van der Waals surface area (Å²) in [5.41, 5.74) is 1.89. The second-order valence-corrected chi connectivity index (χ2v) is 4.81. The first-order valence-electron chi connectivity index (χ1n) is 6.55. The van der Waals surface area contributed by atoms with Gasteiger partial charge in [0.25, 0.3) is 12.0 Å². The Hall–Kier alpha value is -2.83. The van der Waals surface area contributed by atoms with Crippen LogP contribution < -0.4 is 5.56 Å². The Bertz CT molecular complexity index is 839. The van der Waals surface area contributed by atoms with Crippen LogP contribution in [0.4, 0.5) is 8.78 Å². The van der Waals surface area contributed by atoms with Crippen LogP contribution in [0.1, 0.15) is 17.6 Å². The number of nitrogens with zero attached hydrogens (tertiary/aromatic N) is 3. The first-order valence-corrected chi connectivity index (χ1v) is 6.55. The van der Waals surface area contributed by atoms with Gasteiger partial charge in [-0.3, -0.25) is 9.89 Å². The summed E-state index contributed by atoms with van der Waals surface area (Å²) in [5.74, 6) is 0. The molecule has 0 spiro atoms. The van der Waals surface area contributed by atoms with E-state index in [0.717, 1.165) is 0 Å². The third-order valence-electron chi connectivity index (χ3n) is 3.28. The van der Waals surface area contributed by atoms with Crippen molar-refractivity contribution in [2.24, 2.45) is 0 Å². The molecule has 0 aliphatic carbocycles. The Labute approximate surface area is 124 Å². The Balaban J connectivity index is 2.10. The van der Waals surface area contributed by atoms with Crippen LogP contribution in [0, 0.1) is 6.92 Å². The molecule has 0 unspecified atom stereocenters. The zero-order valence-electron chi connectivity index (χ0n) is 11.6. The summed E-state index contributed by atoms with van der Waals surface area (Å²) in [6.07, 6.45) is 0.526. The van der Waals surface area contributed by atoms with E-state index in [1.54, 1.807) is 31.3 Å². The molecule has 2 heterocycles. The number of H-pyrrole nitrogens is 1. The topological polar surface area (TPSA) is 63.6 Å². The van der Waals surface area contributed by atoms with Gasteiger partial charge in [-0.2, -0.15) is 14.9 Å². The first-order chi connectivity index (χ1) is 10.6. The Morgan fingerprint density at radius 3 is 2.55 bits per heavy atom. The van der Waals surface area contributed by atoms with E-state index < -0.39 is 6.43 Å². The molecule has 112 valence electrons. The van der Waals surface area contributed by atoms with Gasteiger partial charge in [0.1, 0.15) is 5.69 Å². The maximum Gasteiger partial charge on any atom is 0.274 e. The zero-order valence-corrected chi connectivity index (χ0v) is 11.6. The number of rotatable bonds is 3. The van der Waals surface area contributed by atoms with Crippen LogP contribution in [0.25, 0.3) is 16.9 Å². The van der Waals surface area contributed by atoms with Gasteiger partial charge in [0.2, 0.25) is 0 Å². The molecule has 0 saturated carbocycles. The smallest absolute Gasteiger partial charge is 0.274 e. The van der Waals surface area contributed by atoms with E-state index >= 15 is 0 Å². The number of alkyl halides is 2. The number of hydrogen-bond acceptors (Lipinski definition) is 3. The van der Waals surface area contributed by atoms with Crippen LogP contribution in [0.15, 0.2) is 47.5 Å². The van der Waals surface area contributed by atoms with Crippen molar-refractivity contribution < 1.29 is 8.78 Å². The van der Waals surface area contributed by atoms with E-state index in [2.05, 4.69) is 15.3 Å². The van der Waals surface area contributed by atoms with Gasteiger partial charge in [-0.15, -0.1) is 0 Å². The molecule has 5 nitrogen and oxygen atoms in total. The predicted octanol–water partition coefficient (Wildman–Crippen LogP) is 2.87. The highest BCUT2D eigenvalue weighted by Gasteiger charge is 2.11. The second-order valence-electron chi connectivity index (χ2n) is 4.81.